The van der Waals surface area contributed by atoms with Crippen molar-refractivity contribution in [1.29, 1.82) is 0 Å². The van der Waals surface area contributed by atoms with Crippen LogP contribution in [-0.2, 0) is 4.79 Å². The van der Waals surface area contributed by atoms with Gasteiger partial charge in [0.25, 0.3) is 5.91 Å². The van der Waals surface area contributed by atoms with Gasteiger partial charge in [-0.05, 0) is 45.9 Å². The number of carbonyl (C=O) groups excluding carboxylic acids is 1. The van der Waals surface area contributed by atoms with Crippen molar-refractivity contribution in [3.8, 4) is 0 Å². The van der Waals surface area contributed by atoms with Gasteiger partial charge >= 0.3 is 5.97 Å². The Morgan fingerprint density at radius 2 is 1.80 bits per heavy atom. The number of rotatable bonds is 5. The van der Waals surface area contributed by atoms with E-state index in [2.05, 4.69) is 5.32 Å². The first-order chi connectivity index (χ1) is 8.99. The Labute approximate surface area is 117 Å². The summed E-state index contributed by atoms with van der Waals surface area (Å²) in [5.41, 5.74) is 3.50. The van der Waals surface area contributed by atoms with Crippen LogP contribution in [0.2, 0.25) is 0 Å². The lowest BCUT2D eigenvalue weighted by Crippen LogP contribution is -2.50. The molecule has 0 aliphatic carbocycles. The largest absolute Gasteiger partial charge is 0.481 e. The van der Waals surface area contributed by atoms with Crippen molar-refractivity contribution in [2.45, 2.75) is 33.2 Å². The fourth-order valence-corrected chi connectivity index (χ4v) is 1.59. The first kappa shape index (κ1) is 15.9. The lowest BCUT2D eigenvalue weighted by Gasteiger charge is -2.40. The summed E-state index contributed by atoms with van der Waals surface area (Å²) in [6.45, 7) is 6.51. The van der Waals surface area contributed by atoms with Gasteiger partial charge in [-0.25, -0.2) is 4.39 Å². The molecular weight excluding hydrogens is 263 g/mol. The second-order valence-electron chi connectivity index (χ2n) is 5.73. The number of benzene rings is 1. The van der Waals surface area contributed by atoms with Crippen LogP contribution in [0.15, 0.2) is 18.2 Å². The van der Waals surface area contributed by atoms with E-state index in [9.17, 15) is 19.1 Å². The minimum Gasteiger partial charge on any atom is -0.481 e. The number of primary amides is 1. The number of carboxylic acids is 1. The topological polar surface area (TPSA) is 92.4 Å². The molecule has 1 rings (SSSR count). The molecule has 110 valence electrons. The van der Waals surface area contributed by atoms with Crippen molar-refractivity contribution >= 4 is 17.6 Å². The molecule has 0 aliphatic heterocycles. The van der Waals surface area contributed by atoms with Gasteiger partial charge in [-0.3, -0.25) is 9.59 Å². The van der Waals surface area contributed by atoms with Gasteiger partial charge in [0.05, 0.1) is 11.0 Å². The number of carbonyl (C=O) groups is 2. The molecule has 0 aliphatic rings. The van der Waals surface area contributed by atoms with Gasteiger partial charge in [0.2, 0.25) is 0 Å². The molecule has 0 fully saturated rings. The highest BCUT2D eigenvalue weighted by atomic mass is 19.1. The summed E-state index contributed by atoms with van der Waals surface area (Å²) in [6.07, 6.45) is 0. The molecular formula is C14H19FN2O3. The molecule has 1 amide bonds. The second-order valence-corrected chi connectivity index (χ2v) is 5.73. The Bertz CT molecular complexity index is 553. The number of nitrogens with one attached hydrogen (secondary N) is 1. The summed E-state index contributed by atoms with van der Waals surface area (Å²) in [5.74, 6) is -2.35. The summed E-state index contributed by atoms with van der Waals surface area (Å²) in [7, 11) is 0. The van der Waals surface area contributed by atoms with E-state index < -0.39 is 28.6 Å². The minimum absolute atomic E-state index is 0.0146. The lowest BCUT2D eigenvalue weighted by molar-refractivity contribution is -0.149. The summed E-state index contributed by atoms with van der Waals surface area (Å²) >= 11 is 0. The number of carboxylic acid groups (broad SMARTS) is 1. The zero-order valence-corrected chi connectivity index (χ0v) is 12.0. The van der Waals surface area contributed by atoms with Crippen LogP contribution in [0.3, 0.4) is 0 Å². The number of aliphatic carboxylic acids is 1. The number of hydrogen-bond acceptors (Lipinski definition) is 3. The molecule has 4 N–H and O–H groups in total. The molecule has 6 heteroatoms. The quantitative estimate of drug-likeness (QED) is 0.772. The Hall–Kier alpha value is -2.11. The zero-order chi connectivity index (χ0) is 15.7. The van der Waals surface area contributed by atoms with Crippen molar-refractivity contribution < 1.29 is 19.1 Å². The summed E-state index contributed by atoms with van der Waals surface area (Å²) in [5, 5.41) is 12.3. The van der Waals surface area contributed by atoms with E-state index in [1.54, 1.807) is 27.7 Å². The van der Waals surface area contributed by atoms with Crippen molar-refractivity contribution in [2.24, 2.45) is 11.1 Å². The monoisotopic (exact) mass is 282 g/mol. The standard InChI is InChI=1S/C14H19FN2O3/c1-13(2,12(19)20)14(3,4)17-10-6-5-8(15)7-9(10)11(16)18/h5-7,17H,1-4H3,(H2,16,18)(H,19,20). The van der Waals surface area contributed by atoms with Crippen LogP contribution >= 0.6 is 0 Å². The van der Waals surface area contributed by atoms with E-state index in [1.165, 1.54) is 12.1 Å². The Morgan fingerprint density at radius 1 is 1.25 bits per heavy atom. The highest BCUT2D eigenvalue weighted by Crippen LogP contribution is 2.34. The number of nitrogens with two attached hydrogens (primary N) is 1. The van der Waals surface area contributed by atoms with Gasteiger partial charge in [0.1, 0.15) is 5.82 Å². The molecule has 0 unspecified atom stereocenters. The maximum absolute atomic E-state index is 13.2. The van der Waals surface area contributed by atoms with Crippen LogP contribution in [0.4, 0.5) is 10.1 Å². The van der Waals surface area contributed by atoms with Gasteiger partial charge in [0.15, 0.2) is 0 Å². The molecule has 0 spiro atoms. The van der Waals surface area contributed by atoms with Gasteiger partial charge in [-0.15, -0.1) is 0 Å². The molecule has 1 aromatic carbocycles. The fraction of sp³-hybridized carbons (Fsp3) is 0.429. The molecule has 0 saturated carbocycles. The zero-order valence-electron chi connectivity index (χ0n) is 12.0. The third-order valence-corrected chi connectivity index (χ3v) is 3.79. The van der Waals surface area contributed by atoms with Gasteiger partial charge in [-0.1, -0.05) is 0 Å². The molecule has 5 nitrogen and oxygen atoms in total. The molecule has 0 bridgehead atoms. The van der Waals surface area contributed by atoms with Gasteiger partial charge < -0.3 is 16.2 Å². The molecule has 0 saturated heterocycles. The number of amides is 1. The van der Waals surface area contributed by atoms with Gasteiger partial charge in [-0.2, -0.15) is 0 Å². The normalized spacial score (nSPS) is 12.1. The highest BCUT2D eigenvalue weighted by Gasteiger charge is 2.43. The maximum atomic E-state index is 13.2. The Morgan fingerprint density at radius 3 is 2.25 bits per heavy atom. The van der Waals surface area contributed by atoms with Crippen molar-refractivity contribution in [2.75, 3.05) is 5.32 Å². The van der Waals surface area contributed by atoms with E-state index in [0.29, 0.717) is 5.69 Å². The van der Waals surface area contributed by atoms with Crippen LogP contribution < -0.4 is 11.1 Å². The second kappa shape index (κ2) is 5.11. The van der Waals surface area contributed by atoms with E-state index in [0.717, 1.165) is 6.07 Å². The average Bonchev–Trinajstić information content (AvgIpc) is 2.30. The first-order valence-electron chi connectivity index (χ1n) is 6.10. The lowest BCUT2D eigenvalue weighted by atomic mass is 9.74. The highest BCUT2D eigenvalue weighted by molar-refractivity contribution is 5.98. The molecule has 0 heterocycles. The van der Waals surface area contributed by atoms with Crippen molar-refractivity contribution in [1.82, 2.24) is 0 Å². The van der Waals surface area contributed by atoms with Crippen molar-refractivity contribution in [3.63, 3.8) is 0 Å². The average molecular weight is 282 g/mol. The Kier molecular flexibility index (Phi) is 4.07. The predicted molar refractivity (Wildman–Crippen MR) is 74.0 cm³/mol. The minimum atomic E-state index is -1.11. The van der Waals surface area contributed by atoms with Crippen LogP contribution in [0.25, 0.3) is 0 Å². The smallest absolute Gasteiger partial charge is 0.311 e. The molecule has 1 aromatic rings. The summed E-state index contributed by atoms with van der Waals surface area (Å²) in [6, 6.07) is 3.57. The van der Waals surface area contributed by atoms with Crippen LogP contribution in [-0.4, -0.2) is 22.5 Å². The number of anilines is 1. The maximum Gasteiger partial charge on any atom is 0.311 e. The SMILES string of the molecule is CC(C)(Nc1ccc(F)cc1C(N)=O)C(C)(C)C(=O)O. The van der Waals surface area contributed by atoms with Crippen molar-refractivity contribution in [3.05, 3.63) is 29.6 Å². The Balaban J connectivity index is 3.22. The van der Waals surface area contributed by atoms with Crippen LogP contribution in [0.1, 0.15) is 38.1 Å². The third-order valence-electron chi connectivity index (χ3n) is 3.79. The fourth-order valence-electron chi connectivity index (χ4n) is 1.59. The first-order valence-corrected chi connectivity index (χ1v) is 6.10. The summed E-state index contributed by atoms with van der Waals surface area (Å²) < 4.78 is 13.2. The third kappa shape index (κ3) is 2.89. The van der Waals surface area contributed by atoms with E-state index in [-0.39, 0.29) is 5.56 Å². The molecule has 0 radical (unpaired) electrons. The van der Waals surface area contributed by atoms with Crippen LogP contribution in [0, 0.1) is 11.2 Å². The summed E-state index contributed by atoms with van der Waals surface area (Å²) in [4.78, 5) is 22.7. The van der Waals surface area contributed by atoms with E-state index in [1.807, 2.05) is 0 Å². The van der Waals surface area contributed by atoms with E-state index >= 15 is 0 Å². The van der Waals surface area contributed by atoms with E-state index in [4.69, 9.17) is 5.73 Å². The number of hydrogen-bond donors (Lipinski definition) is 3. The molecule has 0 aromatic heterocycles. The predicted octanol–water partition coefficient (Wildman–Crippen LogP) is 2.23. The molecule has 0 atom stereocenters. The molecule has 20 heavy (non-hydrogen) atoms. The number of halogens is 1. The van der Waals surface area contributed by atoms with Gasteiger partial charge in [0, 0.05) is 11.2 Å². The van der Waals surface area contributed by atoms with Crippen LogP contribution in [0.5, 0.6) is 0 Å².